The van der Waals surface area contributed by atoms with Crippen molar-refractivity contribution in [2.75, 3.05) is 12.1 Å². The number of aliphatic hydroxyl groups excluding tert-OH is 3. The summed E-state index contributed by atoms with van der Waals surface area (Å²) >= 11 is 0. The SMILES string of the molecule is O=P(O)(O)OP(=O)(O)OP(=O)(O)O.O=c1nc(NO)ccn1C1OC(CO)C(O)C1O. The molecule has 10 N–H and O–H groups in total. The first-order valence-electron chi connectivity index (χ1n) is 7.48. The molecule has 0 aliphatic carbocycles. The second-order valence-electron chi connectivity index (χ2n) is 5.46. The Hall–Kier alpha value is -1.11. The number of aromatic nitrogens is 2. The molecular formula is C9H18N3O16P3. The number of nitrogens with one attached hydrogen (secondary N) is 1. The van der Waals surface area contributed by atoms with Gasteiger partial charge in [0.15, 0.2) is 12.0 Å². The second-order valence-corrected chi connectivity index (χ2v) is 9.66. The highest BCUT2D eigenvalue weighted by Gasteiger charge is 2.43. The lowest BCUT2D eigenvalue weighted by Crippen LogP contribution is -2.36. The van der Waals surface area contributed by atoms with Crippen LogP contribution in [0.25, 0.3) is 0 Å². The van der Waals surface area contributed by atoms with Crippen LogP contribution in [-0.2, 0) is 27.1 Å². The molecule has 22 heteroatoms. The van der Waals surface area contributed by atoms with Crippen LogP contribution in [0.1, 0.15) is 6.23 Å². The van der Waals surface area contributed by atoms with Crippen molar-refractivity contribution >= 4 is 29.3 Å². The lowest BCUT2D eigenvalue weighted by molar-refractivity contribution is -0.0549. The molecule has 1 aromatic heterocycles. The third kappa shape index (κ3) is 9.11. The second kappa shape index (κ2) is 10.7. The highest BCUT2D eigenvalue weighted by molar-refractivity contribution is 7.66. The number of rotatable bonds is 7. The van der Waals surface area contributed by atoms with Crippen molar-refractivity contribution < 1.29 is 72.0 Å². The average molecular weight is 517 g/mol. The number of nitrogens with zero attached hydrogens (tertiary/aromatic N) is 2. The standard InChI is InChI=1S/C9H13N3O6.H5O10P3/c13-3-4-6(14)7(15)8(18-4)12-2-1-5(11-17)10-9(12)16;1-11(2,3)9-13(7,8)10-12(4,5)6/h1-2,4,6-8,13-15,17H,3H2,(H,10,11,16);(H,7,8)(H2,1,2,3)(H2,4,5,6). The van der Waals surface area contributed by atoms with Crippen molar-refractivity contribution in [2.45, 2.75) is 24.5 Å². The minimum atomic E-state index is -5.46. The molecule has 0 bridgehead atoms. The van der Waals surface area contributed by atoms with Gasteiger partial charge in [0.1, 0.15) is 18.3 Å². The Kier molecular flexibility index (Phi) is 9.61. The number of hydrogen-bond acceptors (Lipinski definition) is 13. The number of hydrogen-bond donors (Lipinski definition) is 10. The van der Waals surface area contributed by atoms with Crippen molar-refractivity contribution in [1.29, 1.82) is 0 Å². The largest absolute Gasteiger partial charge is 0.490 e. The molecule has 1 aliphatic rings. The van der Waals surface area contributed by atoms with Gasteiger partial charge in [0, 0.05) is 6.20 Å². The van der Waals surface area contributed by atoms with Gasteiger partial charge in [-0.1, -0.05) is 0 Å². The molecule has 0 amide bonds. The van der Waals surface area contributed by atoms with E-state index >= 15 is 0 Å². The molecule has 0 saturated carbocycles. The lowest BCUT2D eigenvalue weighted by atomic mass is 10.1. The number of phosphoric acid groups is 3. The van der Waals surface area contributed by atoms with Gasteiger partial charge in [-0.05, 0) is 6.07 Å². The Morgan fingerprint density at radius 2 is 1.58 bits per heavy atom. The molecule has 0 radical (unpaired) electrons. The smallest absolute Gasteiger partial charge is 0.394 e. The Labute approximate surface area is 171 Å². The van der Waals surface area contributed by atoms with E-state index < -0.39 is 60.3 Å². The first kappa shape index (κ1) is 27.9. The molecule has 1 aromatic rings. The molecule has 31 heavy (non-hydrogen) atoms. The van der Waals surface area contributed by atoms with Crippen LogP contribution in [0.3, 0.4) is 0 Å². The van der Waals surface area contributed by atoms with Gasteiger partial charge in [0.2, 0.25) is 0 Å². The third-order valence-corrected chi connectivity index (χ3v) is 6.51. The van der Waals surface area contributed by atoms with Crippen LogP contribution in [0.2, 0.25) is 0 Å². The monoisotopic (exact) mass is 517 g/mol. The summed E-state index contributed by atoms with van der Waals surface area (Å²) in [6.07, 6.45) is -3.50. The lowest BCUT2D eigenvalue weighted by Gasteiger charge is -2.16. The van der Waals surface area contributed by atoms with Crippen LogP contribution >= 0.6 is 23.5 Å². The van der Waals surface area contributed by atoms with Crippen LogP contribution in [0.15, 0.2) is 17.1 Å². The van der Waals surface area contributed by atoms with E-state index in [0.29, 0.717) is 0 Å². The molecule has 1 saturated heterocycles. The summed E-state index contributed by atoms with van der Waals surface area (Å²) in [5.41, 5.74) is 0.934. The highest BCUT2D eigenvalue weighted by atomic mass is 31.3. The van der Waals surface area contributed by atoms with Crippen LogP contribution in [0.4, 0.5) is 5.82 Å². The number of anilines is 1. The van der Waals surface area contributed by atoms with Crippen LogP contribution in [-0.4, -0.2) is 79.5 Å². The van der Waals surface area contributed by atoms with Gasteiger partial charge in [0.05, 0.1) is 6.61 Å². The van der Waals surface area contributed by atoms with E-state index in [1.165, 1.54) is 12.3 Å². The first-order chi connectivity index (χ1) is 14.0. The Morgan fingerprint density at radius 3 is 1.94 bits per heavy atom. The van der Waals surface area contributed by atoms with E-state index in [4.69, 9.17) is 39.5 Å². The van der Waals surface area contributed by atoms with Crippen LogP contribution in [0.5, 0.6) is 0 Å². The topological polar surface area (TPSA) is 308 Å². The highest BCUT2D eigenvalue weighted by Crippen LogP contribution is 2.64. The first-order valence-corrected chi connectivity index (χ1v) is 12.0. The zero-order chi connectivity index (χ0) is 24.2. The molecular weight excluding hydrogens is 499 g/mol. The van der Waals surface area contributed by atoms with Gasteiger partial charge in [-0.2, -0.15) is 13.6 Å². The Morgan fingerprint density at radius 1 is 1.06 bits per heavy atom. The summed E-state index contributed by atoms with van der Waals surface area (Å²) in [6, 6.07) is 1.29. The normalized spacial score (nSPS) is 24.4. The maximum Gasteiger partial charge on any atom is 0.490 e. The summed E-state index contributed by atoms with van der Waals surface area (Å²) in [6.45, 7) is -0.479. The fourth-order valence-electron chi connectivity index (χ4n) is 2.06. The van der Waals surface area contributed by atoms with E-state index in [2.05, 4.69) is 13.6 Å². The van der Waals surface area contributed by atoms with E-state index in [1.807, 2.05) is 0 Å². The molecule has 0 spiro atoms. The predicted octanol–water partition coefficient (Wildman–Crippen LogP) is -3.04. The van der Waals surface area contributed by atoms with Crippen molar-refractivity contribution in [3.05, 3.63) is 22.7 Å². The van der Waals surface area contributed by atoms with Crippen LogP contribution < -0.4 is 11.2 Å². The molecule has 4 unspecified atom stereocenters. The summed E-state index contributed by atoms with van der Waals surface area (Å²) in [7, 11) is -16.2. The van der Waals surface area contributed by atoms with Crippen molar-refractivity contribution in [3.63, 3.8) is 0 Å². The summed E-state index contributed by atoms with van der Waals surface area (Å²) in [5.74, 6) is -0.0528. The number of aliphatic hydroxyl groups is 3. The Balaban J connectivity index is 0.000000330. The molecule has 1 fully saturated rings. The van der Waals surface area contributed by atoms with Gasteiger partial charge < -0.3 is 44.5 Å². The third-order valence-electron chi connectivity index (χ3n) is 3.15. The fourth-order valence-corrected chi connectivity index (χ4v) is 4.60. The predicted molar refractivity (Wildman–Crippen MR) is 93.0 cm³/mol. The zero-order valence-electron chi connectivity index (χ0n) is 14.8. The van der Waals surface area contributed by atoms with Gasteiger partial charge >= 0.3 is 29.2 Å². The maximum absolute atomic E-state index is 11.6. The Bertz CT molecular complexity index is 914. The van der Waals surface area contributed by atoms with Crippen LogP contribution in [0, 0.1) is 0 Å². The van der Waals surface area contributed by atoms with Crippen molar-refractivity contribution in [1.82, 2.24) is 9.55 Å². The molecule has 0 aromatic carbocycles. The van der Waals surface area contributed by atoms with Gasteiger partial charge in [-0.3, -0.25) is 15.3 Å². The zero-order valence-corrected chi connectivity index (χ0v) is 17.5. The molecule has 180 valence electrons. The average Bonchev–Trinajstić information content (AvgIpc) is 2.86. The van der Waals surface area contributed by atoms with Crippen molar-refractivity contribution in [2.24, 2.45) is 0 Å². The molecule has 19 nitrogen and oxygen atoms in total. The van der Waals surface area contributed by atoms with E-state index in [-0.39, 0.29) is 5.82 Å². The molecule has 2 heterocycles. The molecule has 1 aliphatic heterocycles. The fraction of sp³-hybridized carbons (Fsp3) is 0.556. The summed E-state index contributed by atoms with van der Waals surface area (Å²) in [4.78, 5) is 55.3. The van der Waals surface area contributed by atoms with Gasteiger partial charge in [0.25, 0.3) is 0 Å². The minimum Gasteiger partial charge on any atom is -0.394 e. The van der Waals surface area contributed by atoms with Gasteiger partial charge in [-0.25, -0.2) is 18.5 Å². The molecule has 4 atom stereocenters. The summed E-state index contributed by atoms with van der Waals surface area (Å²) in [5, 5.41) is 36.8. The van der Waals surface area contributed by atoms with Gasteiger partial charge in [-0.15, -0.1) is 0 Å². The van der Waals surface area contributed by atoms with E-state index in [0.717, 1.165) is 4.57 Å². The quantitative estimate of drug-likeness (QED) is 0.127. The maximum atomic E-state index is 11.6. The van der Waals surface area contributed by atoms with Crippen molar-refractivity contribution in [3.8, 4) is 0 Å². The number of ether oxygens (including phenoxy) is 1. The summed E-state index contributed by atoms with van der Waals surface area (Å²) < 4.78 is 42.5. The minimum absolute atomic E-state index is 0.0528. The van der Waals surface area contributed by atoms with E-state index in [1.54, 1.807) is 5.48 Å². The van der Waals surface area contributed by atoms with E-state index in [9.17, 15) is 28.7 Å². The molecule has 2 rings (SSSR count).